The first kappa shape index (κ1) is 22.9. The van der Waals surface area contributed by atoms with Crippen LogP contribution in [0, 0.1) is 11.6 Å². The quantitative estimate of drug-likeness (QED) is 0.509. The van der Waals surface area contributed by atoms with Gasteiger partial charge in [-0.1, -0.05) is 12.1 Å². The highest BCUT2D eigenvalue weighted by molar-refractivity contribution is 5.96. The van der Waals surface area contributed by atoms with Gasteiger partial charge in [-0.3, -0.25) is 4.79 Å². The number of rotatable bonds is 8. The number of carbonyl (C=O) groups is 2. The highest BCUT2D eigenvalue weighted by atomic mass is 19.1. The van der Waals surface area contributed by atoms with E-state index in [1.165, 1.54) is 26.2 Å². The molecule has 0 aliphatic heterocycles. The van der Waals surface area contributed by atoms with Crippen LogP contribution in [0.5, 0.6) is 11.5 Å². The van der Waals surface area contributed by atoms with Crippen LogP contribution in [0.1, 0.15) is 26.3 Å². The van der Waals surface area contributed by atoms with E-state index in [4.69, 9.17) is 14.2 Å². The smallest absolute Gasteiger partial charge is 0.331 e. The lowest BCUT2D eigenvalue weighted by atomic mass is 10.2. The number of para-hydroxylation sites is 1. The van der Waals surface area contributed by atoms with Crippen molar-refractivity contribution < 1.29 is 32.6 Å². The first-order valence-corrected chi connectivity index (χ1v) is 9.19. The van der Waals surface area contributed by atoms with Crippen molar-refractivity contribution in [2.24, 2.45) is 0 Å². The number of halogens is 2. The summed E-state index contributed by atoms with van der Waals surface area (Å²) in [6.45, 7) is 5.07. The van der Waals surface area contributed by atoms with Crippen LogP contribution in [0.25, 0.3) is 6.08 Å². The maximum Gasteiger partial charge on any atom is 0.331 e. The Morgan fingerprint density at radius 2 is 1.70 bits per heavy atom. The molecule has 0 saturated heterocycles. The Morgan fingerprint density at radius 1 is 1.03 bits per heavy atom. The van der Waals surface area contributed by atoms with Gasteiger partial charge in [-0.25, -0.2) is 13.6 Å². The maximum atomic E-state index is 13.6. The first-order chi connectivity index (χ1) is 14.2. The topological polar surface area (TPSA) is 73.9 Å². The Kier molecular flexibility index (Phi) is 7.91. The predicted molar refractivity (Wildman–Crippen MR) is 108 cm³/mol. The number of ether oxygens (including phenoxy) is 3. The molecular formula is C22H23F2NO5. The fourth-order valence-electron chi connectivity index (χ4n) is 2.41. The number of amides is 1. The number of benzene rings is 2. The van der Waals surface area contributed by atoms with Gasteiger partial charge in [0, 0.05) is 6.08 Å². The van der Waals surface area contributed by atoms with Crippen molar-refractivity contribution in [2.75, 3.05) is 12.4 Å². The van der Waals surface area contributed by atoms with E-state index in [9.17, 15) is 18.4 Å². The zero-order chi connectivity index (χ0) is 22.3. The number of esters is 1. The van der Waals surface area contributed by atoms with Crippen LogP contribution in [0.3, 0.4) is 0 Å². The maximum absolute atomic E-state index is 13.6. The average Bonchev–Trinajstić information content (AvgIpc) is 2.69. The molecule has 0 unspecified atom stereocenters. The van der Waals surface area contributed by atoms with Gasteiger partial charge in [0.2, 0.25) is 0 Å². The summed E-state index contributed by atoms with van der Waals surface area (Å²) >= 11 is 0. The molecule has 0 aliphatic rings. The van der Waals surface area contributed by atoms with Crippen molar-refractivity contribution in [1.82, 2.24) is 0 Å². The summed E-state index contributed by atoms with van der Waals surface area (Å²) in [6.07, 6.45) is 1.31. The van der Waals surface area contributed by atoms with Crippen molar-refractivity contribution in [1.29, 1.82) is 0 Å². The van der Waals surface area contributed by atoms with Crippen LogP contribution < -0.4 is 14.8 Å². The zero-order valence-electron chi connectivity index (χ0n) is 17.1. The Labute approximate surface area is 173 Å². The van der Waals surface area contributed by atoms with Crippen molar-refractivity contribution >= 4 is 23.6 Å². The van der Waals surface area contributed by atoms with E-state index >= 15 is 0 Å². The molecule has 1 N–H and O–H groups in total. The fourth-order valence-corrected chi connectivity index (χ4v) is 2.41. The van der Waals surface area contributed by atoms with E-state index in [2.05, 4.69) is 5.32 Å². The van der Waals surface area contributed by atoms with Gasteiger partial charge in [-0.05, 0) is 56.7 Å². The molecule has 2 aromatic carbocycles. The molecule has 30 heavy (non-hydrogen) atoms. The van der Waals surface area contributed by atoms with Gasteiger partial charge in [-0.2, -0.15) is 0 Å². The van der Waals surface area contributed by atoms with Gasteiger partial charge in [-0.15, -0.1) is 0 Å². The molecule has 0 radical (unpaired) electrons. The molecule has 0 saturated carbocycles. The van der Waals surface area contributed by atoms with Crippen molar-refractivity contribution in [3.8, 4) is 11.5 Å². The summed E-state index contributed by atoms with van der Waals surface area (Å²) in [5.74, 6) is -2.45. The van der Waals surface area contributed by atoms with Crippen LogP contribution in [-0.4, -0.2) is 31.2 Å². The molecule has 8 heteroatoms. The van der Waals surface area contributed by atoms with Crippen LogP contribution in [0.15, 0.2) is 42.5 Å². The second kappa shape index (κ2) is 10.4. The molecule has 1 amide bonds. The SMILES string of the molecule is COc1cc(/C=C/C(=O)O[C@H](C)C(=O)Nc2c(F)cccc2F)ccc1OC(C)C. The molecule has 1 atom stereocenters. The van der Waals surface area contributed by atoms with Crippen LogP contribution >= 0.6 is 0 Å². The van der Waals surface area contributed by atoms with Crippen LogP contribution in [0.4, 0.5) is 14.5 Å². The summed E-state index contributed by atoms with van der Waals surface area (Å²) in [4.78, 5) is 24.1. The molecule has 2 aromatic rings. The average molecular weight is 419 g/mol. The van der Waals surface area contributed by atoms with E-state index in [1.807, 2.05) is 13.8 Å². The zero-order valence-corrected chi connectivity index (χ0v) is 17.1. The summed E-state index contributed by atoms with van der Waals surface area (Å²) in [7, 11) is 1.50. The molecule has 0 bridgehead atoms. The van der Waals surface area contributed by atoms with E-state index < -0.39 is 35.3 Å². The summed E-state index contributed by atoms with van der Waals surface area (Å²) < 4.78 is 43.1. The number of carbonyl (C=O) groups excluding carboxylic acids is 2. The summed E-state index contributed by atoms with van der Waals surface area (Å²) in [5, 5.41) is 2.07. The minimum Gasteiger partial charge on any atom is -0.493 e. The Hall–Kier alpha value is -3.42. The fraction of sp³-hybridized carbons (Fsp3) is 0.273. The van der Waals surface area contributed by atoms with E-state index in [0.717, 1.165) is 18.2 Å². The number of hydrogen-bond donors (Lipinski definition) is 1. The van der Waals surface area contributed by atoms with Gasteiger partial charge >= 0.3 is 5.97 Å². The van der Waals surface area contributed by atoms with Crippen molar-refractivity contribution in [3.05, 3.63) is 59.7 Å². The molecule has 0 aliphatic carbocycles. The van der Waals surface area contributed by atoms with E-state index in [1.54, 1.807) is 18.2 Å². The predicted octanol–water partition coefficient (Wildman–Crippen LogP) is 4.34. The highest BCUT2D eigenvalue weighted by Crippen LogP contribution is 2.29. The van der Waals surface area contributed by atoms with Crippen LogP contribution in [-0.2, 0) is 14.3 Å². The number of methoxy groups -OCH3 is 1. The van der Waals surface area contributed by atoms with Gasteiger partial charge < -0.3 is 19.5 Å². The molecule has 0 heterocycles. The second-order valence-electron chi connectivity index (χ2n) is 6.58. The number of hydrogen-bond acceptors (Lipinski definition) is 5. The lowest BCUT2D eigenvalue weighted by molar-refractivity contribution is -0.148. The molecule has 6 nitrogen and oxygen atoms in total. The molecule has 2 rings (SSSR count). The molecule has 0 spiro atoms. The third kappa shape index (κ3) is 6.30. The Morgan fingerprint density at radius 3 is 2.30 bits per heavy atom. The molecule has 0 fully saturated rings. The van der Waals surface area contributed by atoms with E-state index in [0.29, 0.717) is 17.1 Å². The van der Waals surface area contributed by atoms with Gasteiger partial charge in [0.25, 0.3) is 5.91 Å². The highest BCUT2D eigenvalue weighted by Gasteiger charge is 2.20. The van der Waals surface area contributed by atoms with Gasteiger partial charge in [0.15, 0.2) is 17.6 Å². The largest absolute Gasteiger partial charge is 0.493 e. The Balaban J connectivity index is 1.99. The monoisotopic (exact) mass is 419 g/mol. The van der Waals surface area contributed by atoms with Crippen molar-refractivity contribution in [3.63, 3.8) is 0 Å². The molecule has 0 aromatic heterocycles. The molecular weight excluding hydrogens is 396 g/mol. The minimum atomic E-state index is -1.27. The third-order valence-electron chi connectivity index (χ3n) is 3.84. The number of anilines is 1. The third-order valence-corrected chi connectivity index (χ3v) is 3.84. The first-order valence-electron chi connectivity index (χ1n) is 9.19. The lowest BCUT2D eigenvalue weighted by Crippen LogP contribution is -2.30. The summed E-state index contributed by atoms with van der Waals surface area (Å²) in [5.41, 5.74) is 0.0437. The molecule has 160 valence electrons. The van der Waals surface area contributed by atoms with E-state index in [-0.39, 0.29) is 6.10 Å². The summed E-state index contributed by atoms with van der Waals surface area (Å²) in [6, 6.07) is 8.29. The van der Waals surface area contributed by atoms with Crippen LogP contribution in [0.2, 0.25) is 0 Å². The van der Waals surface area contributed by atoms with Gasteiger partial charge in [0.05, 0.1) is 13.2 Å². The standard InChI is InChI=1S/C22H23F2NO5/c1-13(2)29-18-10-8-15(12-19(18)28-4)9-11-20(26)30-14(3)22(27)25-21-16(23)6-5-7-17(21)24/h5-14H,1-4H3,(H,25,27)/b11-9+/t14-/m1/s1. The van der Waals surface area contributed by atoms with Crippen molar-refractivity contribution in [2.45, 2.75) is 33.0 Å². The normalized spacial score (nSPS) is 12.0. The lowest BCUT2D eigenvalue weighted by Gasteiger charge is -2.14. The minimum absolute atomic E-state index is 0.0271. The van der Waals surface area contributed by atoms with Gasteiger partial charge in [0.1, 0.15) is 17.3 Å². The second-order valence-corrected chi connectivity index (χ2v) is 6.58. The number of nitrogens with one attached hydrogen (secondary N) is 1. The Bertz CT molecular complexity index is 923.